The molecule has 6 nitrogen and oxygen atoms in total. The molecule has 2 rings (SSSR count). The number of oxime groups is 1. The molecular formula is C21H25N3O3. The molecule has 0 unspecified atom stereocenters. The zero-order valence-electron chi connectivity index (χ0n) is 15.7. The molecule has 2 aromatic carbocycles. The van der Waals surface area contributed by atoms with Gasteiger partial charge in [0, 0.05) is 19.2 Å². The normalized spacial score (nSPS) is 11.0. The molecule has 6 heteroatoms. The summed E-state index contributed by atoms with van der Waals surface area (Å²) in [7, 11) is 0. The van der Waals surface area contributed by atoms with E-state index in [0.29, 0.717) is 12.3 Å². The van der Waals surface area contributed by atoms with Crippen LogP contribution in [0.4, 0.5) is 5.69 Å². The Morgan fingerprint density at radius 2 is 1.70 bits per heavy atom. The summed E-state index contributed by atoms with van der Waals surface area (Å²) in [5, 5.41) is 9.49. The Morgan fingerprint density at radius 1 is 1.00 bits per heavy atom. The first-order valence-corrected chi connectivity index (χ1v) is 8.90. The van der Waals surface area contributed by atoms with Crippen molar-refractivity contribution in [2.45, 2.75) is 26.7 Å². The van der Waals surface area contributed by atoms with E-state index in [-0.39, 0.29) is 18.4 Å². The van der Waals surface area contributed by atoms with Gasteiger partial charge in [-0.25, -0.2) is 0 Å². The molecule has 0 saturated heterocycles. The minimum absolute atomic E-state index is 0.118. The lowest BCUT2D eigenvalue weighted by Gasteiger charge is -2.06. The summed E-state index contributed by atoms with van der Waals surface area (Å²) in [5.74, 6) is -0.313. The van der Waals surface area contributed by atoms with Gasteiger partial charge in [0.05, 0.1) is 5.71 Å². The number of carbonyl (C=O) groups excluding carboxylic acids is 2. The second kappa shape index (κ2) is 10.8. The van der Waals surface area contributed by atoms with Crippen LogP contribution in [0, 0.1) is 0 Å². The third-order valence-electron chi connectivity index (χ3n) is 3.83. The Labute approximate surface area is 159 Å². The lowest BCUT2D eigenvalue weighted by molar-refractivity contribution is -0.125. The summed E-state index contributed by atoms with van der Waals surface area (Å²) in [6.07, 6.45) is 1.80. The van der Waals surface area contributed by atoms with Gasteiger partial charge in [0.15, 0.2) is 6.61 Å². The highest BCUT2D eigenvalue weighted by atomic mass is 16.6. The van der Waals surface area contributed by atoms with Gasteiger partial charge in [0.1, 0.15) is 0 Å². The number of anilines is 1. The fourth-order valence-electron chi connectivity index (χ4n) is 2.45. The standard InChI is InChI=1S/C21H25N3O3/c1-16(19-10-12-20(13-11-19)23-17(2)25)24-27-15-21(26)22-14-6-9-18-7-4-3-5-8-18/h3-5,7-8,10-13H,6,9,14-15H2,1-2H3,(H,22,26)(H,23,25)/b24-16+. The summed E-state index contributed by atoms with van der Waals surface area (Å²) in [5.41, 5.74) is 3.48. The van der Waals surface area contributed by atoms with E-state index in [9.17, 15) is 9.59 Å². The predicted molar refractivity (Wildman–Crippen MR) is 107 cm³/mol. The van der Waals surface area contributed by atoms with Crippen LogP contribution in [0.1, 0.15) is 31.4 Å². The maximum Gasteiger partial charge on any atom is 0.260 e. The summed E-state index contributed by atoms with van der Waals surface area (Å²) >= 11 is 0. The number of hydrogen-bond donors (Lipinski definition) is 2. The maximum absolute atomic E-state index is 11.8. The van der Waals surface area contributed by atoms with Gasteiger partial charge in [0.2, 0.25) is 5.91 Å². The molecule has 0 aromatic heterocycles. The SMILES string of the molecule is CC(=O)Nc1ccc(/C(C)=N/OCC(=O)NCCCc2ccccc2)cc1. The lowest BCUT2D eigenvalue weighted by Crippen LogP contribution is -2.28. The smallest absolute Gasteiger partial charge is 0.260 e. The van der Waals surface area contributed by atoms with Crippen molar-refractivity contribution in [3.8, 4) is 0 Å². The van der Waals surface area contributed by atoms with Crippen molar-refractivity contribution in [3.05, 3.63) is 65.7 Å². The summed E-state index contributed by atoms with van der Waals surface area (Å²) in [6, 6.07) is 17.4. The monoisotopic (exact) mass is 367 g/mol. The number of benzene rings is 2. The topological polar surface area (TPSA) is 79.8 Å². The van der Waals surface area contributed by atoms with E-state index < -0.39 is 0 Å². The molecule has 27 heavy (non-hydrogen) atoms. The van der Waals surface area contributed by atoms with Gasteiger partial charge in [-0.1, -0.05) is 47.6 Å². The van der Waals surface area contributed by atoms with Gasteiger partial charge >= 0.3 is 0 Å². The molecule has 0 aliphatic carbocycles. The molecule has 0 heterocycles. The number of amides is 2. The molecular weight excluding hydrogens is 342 g/mol. The first kappa shape index (κ1) is 20.2. The van der Waals surface area contributed by atoms with Crippen LogP contribution in [-0.4, -0.2) is 30.7 Å². The van der Waals surface area contributed by atoms with Crippen molar-refractivity contribution in [2.75, 3.05) is 18.5 Å². The van der Waals surface area contributed by atoms with Crippen LogP contribution in [0.2, 0.25) is 0 Å². The van der Waals surface area contributed by atoms with Gasteiger partial charge in [-0.05, 0) is 43.0 Å². The van der Waals surface area contributed by atoms with E-state index in [1.807, 2.05) is 30.3 Å². The fourth-order valence-corrected chi connectivity index (χ4v) is 2.45. The zero-order chi connectivity index (χ0) is 19.5. The predicted octanol–water partition coefficient (Wildman–Crippen LogP) is 3.13. The van der Waals surface area contributed by atoms with E-state index in [0.717, 1.165) is 24.1 Å². The number of aryl methyl sites for hydroxylation is 1. The van der Waals surface area contributed by atoms with Crippen LogP contribution >= 0.6 is 0 Å². The number of hydrogen-bond acceptors (Lipinski definition) is 4. The van der Waals surface area contributed by atoms with Crippen LogP contribution < -0.4 is 10.6 Å². The van der Waals surface area contributed by atoms with Crippen molar-refractivity contribution in [1.29, 1.82) is 0 Å². The van der Waals surface area contributed by atoms with Crippen LogP contribution in [0.3, 0.4) is 0 Å². The second-order valence-corrected chi connectivity index (χ2v) is 6.15. The fraction of sp³-hybridized carbons (Fsp3) is 0.286. The Morgan fingerprint density at radius 3 is 2.37 bits per heavy atom. The number of nitrogens with one attached hydrogen (secondary N) is 2. The van der Waals surface area contributed by atoms with Crippen molar-refractivity contribution in [2.24, 2.45) is 5.16 Å². The molecule has 0 aliphatic heterocycles. The molecule has 0 aliphatic rings. The Hall–Kier alpha value is -3.15. The largest absolute Gasteiger partial charge is 0.385 e. The molecule has 142 valence electrons. The number of nitrogens with zero attached hydrogens (tertiary/aromatic N) is 1. The first-order valence-electron chi connectivity index (χ1n) is 8.90. The summed E-state index contributed by atoms with van der Waals surface area (Å²) in [6.45, 7) is 3.74. The third kappa shape index (κ3) is 7.73. The highest BCUT2D eigenvalue weighted by Crippen LogP contribution is 2.10. The van der Waals surface area contributed by atoms with Gasteiger partial charge in [-0.15, -0.1) is 0 Å². The second-order valence-electron chi connectivity index (χ2n) is 6.15. The van der Waals surface area contributed by atoms with Crippen molar-refractivity contribution < 1.29 is 14.4 Å². The number of rotatable bonds is 9. The van der Waals surface area contributed by atoms with Gasteiger partial charge in [0.25, 0.3) is 5.91 Å². The highest BCUT2D eigenvalue weighted by Gasteiger charge is 2.03. The molecule has 0 radical (unpaired) electrons. The highest BCUT2D eigenvalue weighted by molar-refractivity contribution is 5.99. The molecule has 2 amide bonds. The van der Waals surface area contributed by atoms with Gasteiger partial charge in [-0.3, -0.25) is 9.59 Å². The Bertz CT molecular complexity index is 771. The molecule has 0 saturated carbocycles. The van der Waals surface area contributed by atoms with E-state index >= 15 is 0 Å². The summed E-state index contributed by atoms with van der Waals surface area (Å²) < 4.78 is 0. The average molecular weight is 367 g/mol. The van der Waals surface area contributed by atoms with Gasteiger partial charge in [-0.2, -0.15) is 0 Å². The van der Waals surface area contributed by atoms with Crippen LogP contribution in [0.25, 0.3) is 0 Å². The van der Waals surface area contributed by atoms with Crippen molar-refractivity contribution >= 4 is 23.2 Å². The lowest BCUT2D eigenvalue weighted by atomic mass is 10.1. The quantitative estimate of drug-likeness (QED) is 0.406. The number of carbonyl (C=O) groups is 2. The van der Waals surface area contributed by atoms with Crippen molar-refractivity contribution in [1.82, 2.24) is 5.32 Å². The molecule has 0 fully saturated rings. The average Bonchev–Trinajstić information content (AvgIpc) is 2.66. The van der Waals surface area contributed by atoms with Crippen LogP contribution in [0.15, 0.2) is 59.8 Å². The zero-order valence-corrected chi connectivity index (χ0v) is 15.7. The van der Waals surface area contributed by atoms with E-state index in [2.05, 4.69) is 27.9 Å². The minimum atomic E-state index is -0.194. The van der Waals surface area contributed by atoms with Crippen molar-refractivity contribution in [3.63, 3.8) is 0 Å². The maximum atomic E-state index is 11.8. The van der Waals surface area contributed by atoms with E-state index in [1.54, 1.807) is 19.1 Å². The van der Waals surface area contributed by atoms with Crippen LogP contribution in [0.5, 0.6) is 0 Å². The third-order valence-corrected chi connectivity index (χ3v) is 3.83. The van der Waals surface area contributed by atoms with E-state index in [4.69, 9.17) is 4.84 Å². The summed E-state index contributed by atoms with van der Waals surface area (Å²) in [4.78, 5) is 27.9. The Kier molecular flexibility index (Phi) is 8.03. The molecule has 0 spiro atoms. The van der Waals surface area contributed by atoms with Crippen LogP contribution in [-0.2, 0) is 20.8 Å². The molecule has 2 N–H and O–H groups in total. The minimum Gasteiger partial charge on any atom is -0.385 e. The van der Waals surface area contributed by atoms with E-state index in [1.165, 1.54) is 12.5 Å². The Balaban J connectivity index is 1.67. The van der Waals surface area contributed by atoms with Gasteiger partial charge < -0.3 is 15.5 Å². The molecule has 2 aromatic rings. The first-order chi connectivity index (χ1) is 13.0. The molecule has 0 bridgehead atoms. The molecule has 0 atom stereocenters.